The summed E-state index contributed by atoms with van der Waals surface area (Å²) >= 11 is 0. The molecule has 0 unspecified atom stereocenters. The molecule has 0 saturated carbocycles. The lowest BCUT2D eigenvalue weighted by Crippen LogP contribution is -1.92. The second-order valence-electron chi connectivity index (χ2n) is 3.31. The van der Waals surface area contributed by atoms with Gasteiger partial charge in [-0.2, -0.15) is 0 Å². The Bertz CT molecular complexity index is 477. The highest BCUT2D eigenvalue weighted by atomic mass is 16.5. The summed E-state index contributed by atoms with van der Waals surface area (Å²) in [4.78, 5) is 4.36. The second kappa shape index (κ2) is 3.90. The van der Waals surface area contributed by atoms with E-state index in [0.717, 1.165) is 23.5 Å². The van der Waals surface area contributed by atoms with Gasteiger partial charge in [0.1, 0.15) is 11.6 Å². The van der Waals surface area contributed by atoms with Crippen LogP contribution in [0, 0.1) is 0 Å². The van der Waals surface area contributed by atoms with Crippen molar-refractivity contribution >= 4 is 5.52 Å². The highest BCUT2D eigenvalue weighted by Gasteiger charge is 2.09. The van der Waals surface area contributed by atoms with Gasteiger partial charge in [-0.3, -0.25) is 0 Å². The number of ether oxygens (including phenoxy) is 1. The van der Waals surface area contributed by atoms with Crippen molar-refractivity contribution < 1.29 is 9.84 Å². The molecule has 1 N–H and O–H groups in total. The van der Waals surface area contributed by atoms with Gasteiger partial charge in [0.2, 0.25) is 0 Å². The monoisotopic (exact) mass is 206 g/mol. The number of nitrogens with zero attached hydrogens (tertiary/aromatic N) is 2. The number of aryl methyl sites for hydroxylation is 1. The van der Waals surface area contributed by atoms with Gasteiger partial charge in [-0.05, 0) is 6.07 Å². The Morgan fingerprint density at radius 1 is 1.53 bits per heavy atom. The van der Waals surface area contributed by atoms with Gasteiger partial charge in [0, 0.05) is 18.7 Å². The highest BCUT2D eigenvalue weighted by molar-refractivity contribution is 5.56. The maximum atomic E-state index is 9.19. The van der Waals surface area contributed by atoms with E-state index >= 15 is 0 Å². The van der Waals surface area contributed by atoms with Crippen molar-refractivity contribution in [3.63, 3.8) is 0 Å². The number of rotatable bonds is 3. The molecule has 15 heavy (non-hydrogen) atoms. The quantitative estimate of drug-likeness (QED) is 0.825. The normalized spacial score (nSPS) is 10.9. The molecule has 0 aliphatic heterocycles. The molecule has 0 aromatic carbocycles. The van der Waals surface area contributed by atoms with Gasteiger partial charge in [-0.1, -0.05) is 6.92 Å². The van der Waals surface area contributed by atoms with Crippen molar-refractivity contribution in [3.05, 3.63) is 29.8 Å². The molecule has 0 bridgehead atoms. The minimum absolute atomic E-state index is 0.0450. The van der Waals surface area contributed by atoms with Gasteiger partial charge >= 0.3 is 0 Å². The predicted octanol–water partition coefficient (Wildman–Crippen LogP) is 1.40. The smallest absolute Gasteiger partial charge is 0.122 e. The summed E-state index contributed by atoms with van der Waals surface area (Å²) in [7, 11) is 1.63. The van der Waals surface area contributed by atoms with Crippen LogP contribution in [0.4, 0.5) is 0 Å². The van der Waals surface area contributed by atoms with Gasteiger partial charge in [-0.15, -0.1) is 0 Å². The Hall–Kier alpha value is -1.55. The minimum atomic E-state index is -0.0450. The van der Waals surface area contributed by atoms with Crippen LogP contribution in [0.5, 0.6) is 5.75 Å². The van der Waals surface area contributed by atoms with Gasteiger partial charge in [0.05, 0.1) is 24.9 Å². The first-order valence-corrected chi connectivity index (χ1v) is 4.94. The molecule has 4 nitrogen and oxygen atoms in total. The van der Waals surface area contributed by atoms with Crippen LogP contribution < -0.4 is 4.74 Å². The Labute approximate surface area is 88.1 Å². The first-order valence-electron chi connectivity index (χ1n) is 4.94. The van der Waals surface area contributed by atoms with Crippen LogP contribution >= 0.6 is 0 Å². The van der Waals surface area contributed by atoms with Crippen molar-refractivity contribution in [2.24, 2.45) is 0 Å². The van der Waals surface area contributed by atoms with Gasteiger partial charge < -0.3 is 14.2 Å². The molecule has 2 aromatic rings. The predicted molar refractivity (Wildman–Crippen MR) is 57.0 cm³/mol. The molecule has 0 aliphatic carbocycles. The Morgan fingerprint density at radius 3 is 2.93 bits per heavy atom. The number of hydrogen-bond acceptors (Lipinski definition) is 3. The number of hydrogen-bond donors (Lipinski definition) is 1. The lowest BCUT2D eigenvalue weighted by atomic mass is 10.3. The maximum Gasteiger partial charge on any atom is 0.122 e. The summed E-state index contributed by atoms with van der Waals surface area (Å²) in [5, 5.41) is 9.19. The van der Waals surface area contributed by atoms with E-state index in [2.05, 4.69) is 4.98 Å². The molecular formula is C11H14N2O2. The topological polar surface area (TPSA) is 46.8 Å². The minimum Gasteiger partial charge on any atom is -0.497 e. The third-order valence-electron chi connectivity index (χ3n) is 2.47. The fourth-order valence-corrected chi connectivity index (χ4v) is 1.69. The summed E-state index contributed by atoms with van der Waals surface area (Å²) in [5.41, 5.74) is 1.61. The van der Waals surface area contributed by atoms with Crippen molar-refractivity contribution in [1.29, 1.82) is 0 Å². The van der Waals surface area contributed by atoms with Crippen molar-refractivity contribution in [2.45, 2.75) is 20.0 Å². The fraction of sp³-hybridized carbons (Fsp3) is 0.364. The molecule has 2 heterocycles. The van der Waals surface area contributed by atoms with Crippen LogP contribution in [-0.2, 0) is 13.0 Å². The van der Waals surface area contributed by atoms with E-state index in [1.807, 2.05) is 29.7 Å². The number of fused-ring (bicyclic) bond motifs is 1. The fourth-order valence-electron chi connectivity index (χ4n) is 1.69. The summed E-state index contributed by atoms with van der Waals surface area (Å²) in [5.74, 6) is 1.73. The summed E-state index contributed by atoms with van der Waals surface area (Å²) in [6.45, 7) is 2.00. The molecule has 0 aliphatic rings. The summed E-state index contributed by atoms with van der Waals surface area (Å²) in [6, 6.07) is 3.77. The van der Waals surface area contributed by atoms with Crippen molar-refractivity contribution in [1.82, 2.24) is 9.38 Å². The molecule has 4 heteroatoms. The molecule has 0 saturated heterocycles. The van der Waals surface area contributed by atoms with Crippen LogP contribution in [-0.4, -0.2) is 21.6 Å². The van der Waals surface area contributed by atoms with E-state index in [-0.39, 0.29) is 6.61 Å². The number of methoxy groups -OCH3 is 1. The first kappa shape index (κ1) is 9.98. The van der Waals surface area contributed by atoms with Crippen LogP contribution in [0.1, 0.15) is 18.4 Å². The van der Waals surface area contributed by atoms with E-state index in [1.54, 1.807) is 7.11 Å². The van der Waals surface area contributed by atoms with E-state index in [9.17, 15) is 5.11 Å². The lowest BCUT2D eigenvalue weighted by Gasteiger charge is -2.02. The van der Waals surface area contributed by atoms with E-state index < -0.39 is 0 Å². The van der Waals surface area contributed by atoms with E-state index in [0.29, 0.717) is 5.69 Å². The van der Waals surface area contributed by atoms with Crippen LogP contribution in [0.3, 0.4) is 0 Å². The molecule has 2 rings (SSSR count). The van der Waals surface area contributed by atoms with Crippen molar-refractivity contribution in [3.8, 4) is 5.75 Å². The number of pyridine rings is 1. The molecule has 0 radical (unpaired) electrons. The van der Waals surface area contributed by atoms with Gasteiger partial charge in [-0.25, -0.2) is 4.98 Å². The Balaban J connectivity index is 2.68. The average molecular weight is 206 g/mol. The van der Waals surface area contributed by atoms with E-state index in [1.165, 1.54) is 0 Å². The number of aliphatic hydroxyl groups is 1. The highest BCUT2D eigenvalue weighted by Crippen LogP contribution is 2.19. The summed E-state index contributed by atoms with van der Waals surface area (Å²) in [6.07, 6.45) is 2.76. The standard InChI is InChI=1S/C11H14N2O2/c1-3-11-12-9(7-14)10-6-8(15-2)4-5-13(10)11/h4-6,14H,3,7H2,1-2H3. The molecule has 0 fully saturated rings. The van der Waals surface area contributed by atoms with Crippen molar-refractivity contribution in [2.75, 3.05) is 7.11 Å². The van der Waals surface area contributed by atoms with Gasteiger partial charge in [0.15, 0.2) is 0 Å². The second-order valence-corrected chi connectivity index (χ2v) is 3.31. The zero-order chi connectivity index (χ0) is 10.8. The number of aliphatic hydroxyl groups excluding tert-OH is 1. The molecule has 0 spiro atoms. The summed E-state index contributed by atoms with van der Waals surface area (Å²) < 4.78 is 7.12. The molecule has 2 aromatic heterocycles. The third-order valence-corrected chi connectivity index (χ3v) is 2.47. The first-order chi connectivity index (χ1) is 7.30. The zero-order valence-electron chi connectivity index (χ0n) is 8.90. The molecule has 80 valence electrons. The van der Waals surface area contributed by atoms with E-state index in [4.69, 9.17) is 4.74 Å². The number of aromatic nitrogens is 2. The largest absolute Gasteiger partial charge is 0.497 e. The number of imidazole rings is 1. The van der Waals surface area contributed by atoms with Gasteiger partial charge in [0.25, 0.3) is 0 Å². The average Bonchev–Trinajstić information content (AvgIpc) is 2.65. The maximum absolute atomic E-state index is 9.19. The SMILES string of the molecule is CCc1nc(CO)c2cc(OC)ccn12. The lowest BCUT2D eigenvalue weighted by molar-refractivity contribution is 0.279. The zero-order valence-corrected chi connectivity index (χ0v) is 8.90. The Morgan fingerprint density at radius 2 is 2.33 bits per heavy atom. The van der Waals surface area contributed by atoms with Crippen LogP contribution in [0.15, 0.2) is 18.3 Å². The van der Waals surface area contributed by atoms with Crippen LogP contribution in [0.25, 0.3) is 5.52 Å². The molecule has 0 amide bonds. The molecule has 0 atom stereocenters. The molecular weight excluding hydrogens is 192 g/mol. The third kappa shape index (κ3) is 1.57. The Kier molecular flexibility index (Phi) is 2.60. The van der Waals surface area contributed by atoms with Crippen LogP contribution in [0.2, 0.25) is 0 Å².